The zero-order chi connectivity index (χ0) is 17.9. The van der Waals surface area contributed by atoms with E-state index in [1.54, 1.807) is 6.20 Å². The number of carboxylic acids is 1. The predicted octanol–water partition coefficient (Wildman–Crippen LogP) is 1.15. The maximum Gasteiger partial charge on any atom is 0.308 e. The molecule has 4 rings (SSSR count). The van der Waals surface area contributed by atoms with Crippen molar-refractivity contribution in [1.82, 2.24) is 14.9 Å². The fourth-order valence-electron chi connectivity index (χ4n) is 3.34. The van der Waals surface area contributed by atoms with E-state index in [0.29, 0.717) is 5.56 Å². The number of hydrogen-bond donors (Lipinski definition) is 1. The first-order valence-corrected chi connectivity index (χ1v) is 8.55. The largest absolute Gasteiger partial charge is 0.481 e. The van der Waals surface area contributed by atoms with E-state index < -0.39 is 5.97 Å². The first kappa shape index (κ1) is 16.6. The molecule has 0 radical (unpaired) electrons. The lowest BCUT2D eigenvalue weighted by Gasteiger charge is -2.36. The molecule has 8 nitrogen and oxygen atoms in total. The minimum Gasteiger partial charge on any atom is -0.481 e. The van der Waals surface area contributed by atoms with Crippen molar-refractivity contribution in [3.05, 3.63) is 41.9 Å². The molecule has 0 aliphatic carbocycles. The van der Waals surface area contributed by atoms with Crippen molar-refractivity contribution in [3.63, 3.8) is 0 Å². The lowest BCUT2D eigenvalue weighted by molar-refractivity contribution is -0.136. The van der Waals surface area contributed by atoms with Crippen LogP contribution >= 0.6 is 0 Å². The van der Waals surface area contributed by atoms with Crippen LogP contribution in [0.2, 0.25) is 0 Å². The van der Waals surface area contributed by atoms with Gasteiger partial charge in [0.2, 0.25) is 6.79 Å². The molecule has 0 atom stereocenters. The molecule has 0 amide bonds. The van der Waals surface area contributed by atoms with Crippen molar-refractivity contribution in [2.75, 3.05) is 37.9 Å². The summed E-state index contributed by atoms with van der Waals surface area (Å²) in [5, 5.41) is 9.06. The van der Waals surface area contributed by atoms with Crippen molar-refractivity contribution in [3.8, 4) is 11.5 Å². The quantitative estimate of drug-likeness (QED) is 0.854. The number of fused-ring (bicyclic) bond motifs is 1. The fourth-order valence-corrected chi connectivity index (χ4v) is 3.34. The van der Waals surface area contributed by atoms with Crippen molar-refractivity contribution < 1.29 is 19.4 Å². The minimum absolute atomic E-state index is 0.0619. The Bertz CT molecular complexity index is 806. The second-order valence-corrected chi connectivity index (χ2v) is 6.39. The number of aromatic nitrogens is 2. The fraction of sp³-hybridized carbons (Fsp3) is 0.389. The van der Waals surface area contributed by atoms with Gasteiger partial charge in [-0.15, -0.1) is 0 Å². The molecule has 2 aromatic rings. The highest BCUT2D eigenvalue weighted by atomic mass is 16.7. The minimum atomic E-state index is -0.873. The SMILES string of the molecule is O=C(O)Cc1cncnc1N1CCN(Cc2ccc3c(c2)OCO3)CC1. The first-order chi connectivity index (χ1) is 12.7. The topological polar surface area (TPSA) is 88.0 Å². The molecule has 1 fully saturated rings. The summed E-state index contributed by atoms with van der Waals surface area (Å²) in [4.78, 5) is 23.8. The van der Waals surface area contributed by atoms with Crippen LogP contribution in [-0.2, 0) is 17.8 Å². The van der Waals surface area contributed by atoms with E-state index in [4.69, 9.17) is 14.6 Å². The van der Waals surface area contributed by atoms with E-state index in [1.165, 1.54) is 11.9 Å². The number of anilines is 1. The first-order valence-electron chi connectivity index (χ1n) is 8.55. The maximum absolute atomic E-state index is 11.0. The molecular weight excluding hydrogens is 336 g/mol. The van der Waals surface area contributed by atoms with Crippen LogP contribution in [0, 0.1) is 0 Å². The molecule has 0 saturated carbocycles. The molecule has 8 heteroatoms. The van der Waals surface area contributed by atoms with Gasteiger partial charge in [0.1, 0.15) is 12.1 Å². The van der Waals surface area contributed by atoms with Gasteiger partial charge < -0.3 is 19.5 Å². The molecule has 1 aromatic heterocycles. The van der Waals surface area contributed by atoms with Gasteiger partial charge in [0.25, 0.3) is 0 Å². The lowest BCUT2D eigenvalue weighted by atomic mass is 10.1. The Morgan fingerprint density at radius 3 is 2.77 bits per heavy atom. The summed E-state index contributed by atoms with van der Waals surface area (Å²) in [5.41, 5.74) is 1.85. The average Bonchev–Trinajstić information content (AvgIpc) is 3.10. The summed E-state index contributed by atoms with van der Waals surface area (Å²) in [6.45, 7) is 4.49. The van der Waals surface area contributed by atoms with E-state index in [0.717, 1.165) is 50.0 Å². The molecule has 1 aromatic carbocycles. The standard InChI is InChI=1S/C18H20N4O4/c23-17(24)8-14-9-19-11-20-18(14)22-5-3-21(4-6-22)10-13-1-2-15-16(7-13)26-12-25-15/h1-2,7,9,11H,3-6,8,10,12H2,(H,23,24). The molecule has 1 saturated heterocycles. The van der Waals surface area contributed by atoms with Crippen LogP contribution in [0.25, 0.3) is 0 Å². The Labute approximate surface area is 151 Å². The highest BCUT2D eigenvalue weighted by Crippen LogP contribution is 2.33. The summed E-state index contributed by atoms with van der Waals surface area (Å²) in [7, 11) is 0. The van der Waals surface area contributed by atoms with E-state index >= 15 is 0 Å². The number of hydrogen-bond acceptors (Lipinski definition) is 7. The number of ether oxygens (including phenoxy) is 2. The highest BCUT2D eigenvalue weighted by Gasteiger charge is 2.22. The third-order valence-corrected chi connectivity index (χ3v) is 4.62. The normalized spacial score (nSPS) is 16.7. The summed E-state index contributed by atoms with van der Waals surface area (Å²) in [6.07, 6.45) is 3.00. The molecular formula is C18H20N4O4. The Morgan fingerprint density at radius 2 is 1.96 bits per heavy atom. The lowest BCUT2D eigenvalue weighted by Crippen LogP contribution is -2.46. The zero-order valence-electron chi connectivity index (χ0n) is 14.3. The molecule has 136 valence electrons. The van der Waals surface area contributed by atoms with Gasteiger partial charge in [0.05, 0.1) is 6.42 Å². The monoisotopic (exact) mass is 356 g/mol. The van der Waals surface area contributed by atoms with Crippen molar-refractivity contribution in [2.45, 2.75) is 13.0 Å². The molecule has 1 N–H and O–H groups in total. The van der Waals surface area contributed by atoms with E-state index in [-0.39, 0.29) is 13.2 Å². The molecule has 0 bridgehead atoms. The van der Waals surface area contributed by atoms with E-state index in [2.05, 4.69) is 25.8 Å². The third kappa shape index (κ3) is 3.55. The number of benzene rings is 1. The van der Waals surface area contributed by atoms with Crippen molar-refractivity contribution >= 4 is 11.8 Å². The highest BCUT2D eigenvalue weighted by molar-refractivity contribution is 5.72. The smallest absolute Gasteiger partial charge is 0.308 e. The third-order valence-electron chi connectivity index (χ3n) is 4.62. The Balaban J connectivity index is 1.38. The average molecular weight is 356 g/mol. The van der Waals surface area contributed by atoms with Gasteiger partial charge in [0, 0.05) is 44.5 Å². The molecule has 2 aliphatic rings. The number of nitrogens with zero attached hydrogens (tertiary/aromatic N) is 4. The van der Waals surface area contributed by atoms with Gasteiger partial charge in [-0.2, -0.15) is 0 Å². The van der Waals surface area contributed by atoms with Crippen LogP contribution in [0.1, 0.15) is 11.1 Å². The summed E-state index contributed by atoms with van der Waals surface area (Å²) in [6, 6.07) is 6.05. The Morgan fingerprint density at radius 1 is 1.15 bits per heavy atom. The van der Waals surface area contributed by atoms with Crippen LogP contribution < -0.4 is 14.4 Å². The van der Waals surface area contributed by atoms with E-state index in [1.807, 2.05) is 12.1 Å². The van der Waals surface area contributed by atoms with Crippen LogP contribution in [-0.4, -0.2) is 58.9 Å². The van der Waals surface area contributed by atoms with Gasteiger partial charge in [-0.25, -0.2) is 9.97 Å². The number of aliphatic carboxylic acids is 1. The number of carboxylic acid groups (broad SMARTS) is 1. The Kier molecular flexibility index (Phi) is 4.57. The second kappa shape index (κ2) is 7.17. The molecule has 0 spiro atoms. The van der Waals surface area contributed by atoms with Gasteiger partial charge in [0.15, 0.2) is 11.5 Å². The molecule has 2 aliphatic heterocycles. The number of piperazine rings is 1. The zero-order valence-corrected chi connectivity index (χ0v) is 14.3. The van der Waals surface area contributed by atoms with Gasteiger partial charge >= 0.3 is 5.97 Å². The van der Waals surface area contributed by atoms with Crippen LogP contribution in [0.15, 0.2) is 30.7 Å². The van der Waals surface area contributed by atoms with Gasteiger partial charge in [-0.3, -0.25) is 9.69 Å². The van der Waals surface area contributed by atoms with Crippen LogP contribution in [0.5, 0.6) is 11.5 Å². The van der Waals surface area contributed by atoms with Crippen LogP contribution in [0.3, 0.4) is 0 Å². The molecule has 26 heavy (non-hydrogen) atoms. The van der Waals surface area contributed by atoms with Gasteiger partial charge in [-0.1, -0.05) is 6.07 Å². The van der Waals surface area contributed by atoms with Crippen molar-refractivity contribution in [1.29, 1.82) is 0 Å². The number of carbonyl (C=O) groups is 1. The number of rotatable bonds is 5. The van der Waals surface area contributed by atoms with Crippen LogP contribution in [0.4, 0.5) is 5.82 Å². The summed E-state index contributed by atoms with van der Waals surface area (Å²) in [5.74, 6) is 1.46. The maximum atomic E-state index is 11.0. The van der Waals surface area contributed by atoms with E-state index in [9.17, 15) is 4.79 Å². The molecule has 0 unspecified atom stereocenters. The van der Waals surface area contributed by atoms with Crippen molar-refractivity contribution in [2.24, 2.45) is 0 Å². The molecule has 3 heterocycles. The second-order valence-electron chi connectivity index (χ2n) is 6.39. The van der Waals surface area contributed by atoms with Gasteiger partial charge in [-0.05, 0) is 17.7 Å². The predicted molar refractivity (Wildman–Crippen MR) is 93.4 cm³/mol. The summed E-state index contributed by atoms with van der Waals surface area (Å²) < 4.78 is 10.8. The summed E-state index contributed by atoms with van der Waals surface area (Å²) >= 11 is 0. The Hall–Kier alpha value is -2.87.